The highest BCUT2D eigenvalue weighted by Gasteiger charge is 2.27. The number of hydrogen-bond acceptors (Lipinski definition) is 3. The second kappa shape index (κ2) is 5.18. The van der Waals surface area contributed by atoms with Gasteiger partial charge in [0.25, 0.3) is 0 Å². The number of amides is 1. The monoisotopic (exact) mass is 225 g/mol. The topological polar surface area (TPSA) is 72.3 Å². The van der Waals surface area contributed by atoms with Crippen LogP contribution in [0.15, 0.2) is 5.11 Å². The first-order valence-electron chi connectivity index (χ1n) is 5.49. The third kappa shape index (κ3) is 3.40. The molecule has 0 atom stereocenters. The Labute approximate surface area is 95.8 Å². The molecule has 0 aliphatic carbocycles. The first-order valence-corrected chi connectivity index (χ1v) is 5.49. The molecule has 1 aliphatic rings. The van der Waals surface area contributed by atoms with Crippen molar-refractivity contribution in [1.29, 1.82) is 0 Å². The van der Waals surface area contributed by atoms with Crippen molar-refractivity contribution in [3.05, 3.63) is 10.4 Å². The molecule has 0 spiro atoms. The highest BCUT2D eigenvalue weighted by Crippen LogP contribution is 2.15. The van der Waals surface area contributed by atoms with Crippen LogP contribution in [0.25, 0.3) is 10.4 Å². The average molecular weight is 225 g/mol. The van der Waals surface area contributed by atoms with Crippen LogP contribution in [0.2, 0.25) is 0 Å². The third-order valence-corrected chi connectivity index (χ3v) is 2.85. The summed E-state index contributed by atoms with van der Waals surface area (Å²) in [5, 5.41) is 3.29. The molecule has 0 radical (unpaired) electrons. The maximum absolute atomic E-state index is 11.6. The summed E-state index contributed by atoms with van der Waals surface area (Å²) in [5.74, 6) is -0.0774. The smallest absolute Gasteiger partial charge is 0.228 e. The van der Waals surface area contributed by atoms with E-state index in [-0.39, 0.29) is 18.0 Å². The molecule has 1 aliphatic heterocycles. The zero-order valence-corrected chi connectivity index (χ0v) is 10.2. The average Bonchev–Trinajstić information content (AvgIpc) is 2.25. The van der Waals surface area contributed by atoms with Crippen LogP contribution in [-0.4, -0.2) is 54.0 Å². The lowest BCUT2D eigenvalue weighted by Crippen LogP contribution is -2.55. The second-order valence-electron chi connectivity index (χ2n) is 4.93. The molecule has 0 aromatic heterocycles. The lowest BCUT2D eigenvalue weighted by Gasteiger charge is -2.42. The van der Waals surface area contributed by atoms with Crippen molar-refractivity contribution in [2.75, 3.05) is 32.7 Å². The minimum Gasteiger partial charge on any atom is -0.340 e. The molecule has 0 aromatic carbocycles. The van der Waals surface area contributed by atoms with Crippen LogP contribution >= 0.6 is 0 Å². The Kier molecular flexibility index (Phi) is 4.15. The van der Waals surface area contributed by atoms with Gasteiger partial charge in [0.15, 0.2) is 0 Å². The summed E-state index contributed by atoms with van der Waals surface area (Å²) >= 11 is 0. The maximum Gasteiger partial charge on any atom is 0.228 e. The van der Waals surface area contributed by atoms with E-state index in [4.69, 9.17) is 5.53 Å². The van der Waals surface area contributed by atoms with Gasteiger partial charge in [-0.25, -0.2) is 0 Å². The Morgan fingerprint density at radius 2 is 1.88 bits per heavy atom. The first-order chi connectivity index (χ1) is 7.45. The number of hydrogen-bond donors (Lipinski definition) is 0. The summed E-state index contributed by atoms with van der Waals surface area (Å²) in [6, 6.07) is 0. The van der Waals surface area contributed by atoms with Gasteiger partial charge in [-0.15, -0.1) is 0 Å². The van der Waals surface area contributed by atoms with Crippen LogP contribution in [0, 0.1) is 0 Å². The van der Waals surface area contributed by atoms with Crippen LogP contribution in [0.4, 0.5) is 0 Å². The van der Waals surface area contributed by atoms with E-state index < -0.39 is 0 Å². The zero-order chi connectivity index (χ0) is 12.2. The van der Waals surface area contributed by atoms with Gasteiger partial charge in [0.05, 0.1) is 0 Å². The molecule has 16 heavy (non-hydrogen) atoms. The summed E-state index contributed by atoms with van der Waals surface area (Å²) in [5.41, 5.74) is 8.29. The van der Waals surface area contributed by atoms with Crippen LogP contribution < -0.4 is 0 Å². The number of azide groups is 1. The molecule has 0 saturated carbocycles. The number of piperazine rings is 1. The Balaban J connectivity index is 2.43. The van der Waals surface area contributed by atoms with Gasteiger partial charge in [-0.1, -0.05) is 5.11 Å². The van der Waals surface area contributed by atoms with Crippen molar-refractivity contribution in [3.63, 3.8) is 0 Å². The van der Waals surface area contributed by atoms with Crippen molar-refractivity contribution in [2.24, 2.45) is 5.11 Å². The third-order valence-electron chi connectivity index (χ3n) is 2.85. The van der Waals surface area contributed by atoms with Crippen LogP contribution in [0.1, 0.15) is 20.8 Å². The summed E-state index contributed by atoms with van der Waals surface area (Å²) in [6.07, 6.45) is 0. The largest absolute Gasteiger partial charge is 0.340 e. The molecule has 1 rings (SSSR count). The lowest BCUT2D eigenvalue weighted by molar-refractivity contribution is -0.132. The number of carbonyl (C=O) groups is 1. The summed E-state index contributed by atoms with van der Waals surface area (Å²) in [7, 11) is 0. The molecule has 1 fully saturated rings. The normalized spacial score (nSPS) is 18.1. The van der Waals surface area contributed by atoms with Crippen molar-refractivity contribution in [3.8, 4) is 0 Å². The van der Waals surface area contributed by atoms with Crippen molar-refractivity contribution < 1.29 is 4.79 Å². The highest BCUT2D eigenvalue weighted by molar-refractivity contribution is 5.78. The molecule has 1 saturated heterocycles. The molecule has 1 heterocycles. The van der Waals surface area contributed by atoms with Gasteiger partial charge in [0.2, 0.25) is 5.91 Å². The lowest BCUT2D eigenvalue weighted by atomic mass is 10.1. The van der Waals surface area contributed by atoms with E-state index in [1.807, 2.05) is 0 Å². The Hall–Kier alpha value is -1.26. The van der Waals surface area contributed by atoms with E-state index in [0.717, 1.165) is 26.2 Å². The number of carbonyl (C=O) groups excluding carboxylic acids is 1. The molecular weight excluding hydrogens is 206 g/mol. The van der Waals surface area contributed by atoms with Crippen LogP contribution in [-0.2, 0) is 4.79 Å². The van der Waals surface area contributed by atoms with E-state index in [2.05, 4.69) is 35.7 Å². The highest BCUT2D eigenvalue weighted by atomic mass is 16.2. The van der Waals surface area contributed by atoms with E-state index in [9.17, 15) is 4.79 Å². The quantitative estimate of drug-likeness (QED) is 0.403. The van der Waals surface area contributed by atoms with Gasteiger partial charge in [-0.2, -0.15) is 0 Å². The van der Waals surface area contributed by atoms with E-state index in [1.165, 1.54) is 0 Å². The molecule has 0 unspecified atom stereocenters. The van der Waals surface area contributed by atoms with Gasteiger partial charge in [-0.3, -0.25) is 9.69 Å². The molecule has 0 aromatic rings. The van der Waals surface area contributed by atoms with Crippen LogP contribution in [0.5, 0.6) is 0 Å². The number of nitrogens with zero attached hydrogens (tertiary/aromatic N) is 5. The molecular formula is C10H19N5O. The Morgan fingerprint density at radius 3 is 2.31 bits per heavy atom. The minimum absolute atomic E-state index is 0.0635. The molecule has 90 valence electrons. The summed E-state index contributed by atoms with van der Waals surface area (Å²) in [4.78, 5) is 18.3. The van der Waals surface area contributed by atoms with Crippen molar-refractivity contribution in [2.45, 2.75) is 26.3 Å². The van der Waals surface area contributed by atoms with Gasteiger partial charge in [0, 0.05) is 36.6 Å². The van der Waals surface area contributed by atoms with Crippen molar-refractivity contribution in [1.82, 2.24) is 9.80 Å². The molecule has 0 bridgehead atoms. The number of rotatable bonds is 2. The second-order valence-corrected chi connectivity index (χ2v) is 4.93. The van der Waals surface area contributed by atoms with E-state index in [0.29, 0.717) is 0 Å². The van der Waals surface area contributed by atoms with E-state index in [1.54, 1.807) is 4.90 Å². The predicted octanol–water partition coefficient (Wildman–Crippen LogP) is 1.24. The standard InChI is InChI=1S/C10H19N5O/c1-10(2,3)15-6-4-14(5-7-15)9(16)8-12-13-11/h4-8H2,1-3H3. The van der Waals surface area contributed by atoms with Gasteiger partial charge < -0.3 is 4.90 Å². The predicted molar refractivity (Wildman–Crippen MR) is 61.9 cm³/mol. The van der Waals surface area contributed by atoms with Crippen LogP contribution in [0.3, 0.4) is 0 Å². The minimum atomic E-state index is -0.0774. The van der Waals surface area contributed by atoms with Gasteiger partial charge in [-0.05, 0) is 26.3 Å². The Morgan fingerprint density at radius 1 is 1.31 bits per heavy atom. The fourth-order valence-corrected chi connectivity index (χ4v) is 1.82. The molecule has 6 nitrogen and oxygen atoms in total. The van der Waals surface area contributed by atoms with Crippen molar-refractivity contribution >= 4 is 5.91 Å². The summed E-state index contributed by atoms with van der Waals surface area (Å²) in [6.45, 7) is 9.65. The Bertz CT molecular complexity index is 295. The first kappa shape index (κ1) is 12.8. The molecule has 0 N–H and O–H groups in total. The fraction of sp³-hybridized carbons (Fsp3) is 0.900. The maximum atomic E-state index is 11.6. The van der Waals surface area contributed by atoms with E-state index >= 15 is 0 Å². The fourth-order valence-electron chi connectivity index (χ4n) is 1.82. The van der Waals surface area contributed by atoms with Gasteiger partial charge >= 0.3 is 0 Å². The SMILES string of the molecule is CC(C)(C)N1CCN(C(=O)CN=[N+]=[N-])CC1. The zero-order valence-electron chi connectivity index (χ0n) is 10.2. The molecule has 1 amide bonds. The van der Waals surface area contributed by atoms with Gasteiger partial charge in [0.1, 0.15) is 6.54 Å². The summed E-state index contributed by atoms with van der Waals surface area (Å²) < 4.78 is 0. The molecule has 6 heteroatoms.